The number of primary sulfonamides is 1. The Morgan fingerprint density at radius 2 is 1.36 bits per heavy atom. The highest BCUT2D eigenvalue weighted by atomic mass is 32.2. The molecule has 0 unspecified atom stereocenters. The first-order chi connectivity index (χ1) is 12.0. The van der Waals surface area contributed by atoms with Crippen molar-refractivity contribution in [2.45, 2.75) is 43.4 Å². The number of benzene rings is 1. The fraction of sp³-hybridized carbons (Fsp3) is 0.350. The largest absolute Gasteiger partial charge is 0.265 e. The Bertz CT molecular complexity index is 910. The summed E-state index contributed by atoms with van der Waals surface area (Å²) in [4.78, 5) is 4.30. The van der Waals surface area contributed by atoms with Gasteiger partial charge in [-0.3, -0.25) is 4.98 Å². The standard InChI is InChI=1S/C20H22N2O2S/c21-25(23,24)17-5-3-15(4-6-17)18-13-20(9-1-2-10-20)14-19(18)16-7-11-22-12-8-16/h3-8,11-12H,1-2,9-10,13-14H2,(H2,21,23,24). The lowest BCUT2D eigenvalue weighted by Gasteiger charge is -2.23. The summed E-state index contributed by atoms with van der Waals surface area (Å²) in [7, 11) is -3.66. The van der Waals surface area contributed by atoms with Gasteiger partial charge in [-0.2, -0.15) is 0 Å². The zero-order valence-corrected chi connectivity index (χ0v) is 14.9. The summed E-state index contributed by atoms with van der Waals surface area (Å²) in [6.07, 6.45) is 11.0. The third kappa shape index (κ3) is 3.14. The second kappa shape index (κ2) is 6.07. The zero-order chi connectivity index (χ0) is 17.5. The molecule has 1 heterocycles. The molecule has 1 aromatic carbocycles. The van der Waals surface area contributed by atoms with E-state index in [1.807, 2.05) is 24.5 Å². The molecule has 0 radical (unpaired) electrons. The molecule has 2 aliphatic rings. The summed E-state index contributed by atoms with van der Waals surface area (Å²) < 4.78 is 23.0. The Hall–Kier alpha value is -1.98. The van der Waals surface area contributed by atoms with E-state index in [0.29, 0.717) is 5.41 Å². The number of sulfonamides is 1. The van der Waals surface area contributed by atoms with Crippen molar-refractivity contribution in [2.75, 3.05) is 0 Å². The van der Waals surface area contributed by atoms with Gasteiger partial charge in [0.1, 0.15) is 0 Å². The Morgan fingerprint density at radius 3 is 1.88 bits per heavy atom. The number of rotatable bonds is 3. The van der Waals surface area contributed by atoms with E-state index in [0.717, 1.165) is 18.4 Å². The molecular formula is C20H22N2O2S. The molecule has 130 valence electrons. The third-order valence-electron chi connectivity index (χ3n) is 5.69. The SMILES string of the molecule is NS(=O)(=O)c1ccc(C2=C(c3ccncc3)CC3(CCCC3)C2)cc1. The van der Waals surface area contributed by atoms with Crippen LogP contribution in [0.1, 0.15) is 49.7 Å². The van der Waals surface area contributed by atoms with Gasteiger partial charge in [0, 0.05) is 12.4 Å². The zero-order valence-electron chi connectivity index (χ0n) is 14.1. The molecule has 1 aromatic heterocycles. The highest BCUT2D eigenvalue weighted by Crippen LogP contribution is 2.57. The molecule has 2 aliphatic carbocycles. The number of aromatic nitrogens is 1. The van der Waals surface area contributed by atoms with Crippen molar-refractivity contribution in [3.8, 4) is 0 Å². The summed E-state index contributed by atoms with van der Waals surface area (Å²) >= 11 is 0. The molecule has 0 aliphatic heterocycles. The van der Waals surface area contributed by atoms with Gasteiger partial charge in [-0.15, -0.1) is 0 Å². The first-order valence-corrected chi connectivity index (χ1v) is 10.3. The van der Waals surface area contributed by atoms with E-state index in [9.17, 15) is 8.42 Å². The number of allylic oxidation sites excluding steroid dienone is 2. The predicted molar refractivity (Wildman–Crippen MR) is 99.0 cm³/mol. The van der Waals surface area contributed by atoms with Crippen LogP contribution in [0.15, 0.2) is 53.7 Å². The van der Waals surface area contributed by atoms with E-state index in [-0.39, 0.29) is 4.90 Å². The monoisotopic (exact) mass is 354 g/mol. The molecular weight excluding hydrogens is 332 g/mol. The molecule has 1 spiro atoms. The molecule has 1 fully saturated rings. The van der Waals surface area contributed by atoms with Crippen LogP contribution in [0.4, 0.5) is 0 Å². The second-order valence-corrected chi connectivity index (χ2v) is 8.88. The smallest absolute Gasteiger partial charge is 0.238 e. The average molecular weight is 354 g/mol. The van der Waals surface area contributed by atoms with Crippen LogP contribution in [0, 0.1) is 5.41 Å². The first-order valence-electron chi connectivity index (χ1n) is 8.73. The fourth-order valence-electron chi connectivity index (χ4n) is 4.46. The van der Waals surface area contributed by atoms with Gasteiger partial charge in [-0.25, -0.2) is 13.6 Å². The molecule has 1 saturated carbocycles. The molecule has 5 heteroatoms. The number of hydrogen-bond acceptors (Lipinski definition) is 3. The van der Waals surface area contributed by atoms with E-state index in [2.05, 4.69) is 17.1 Å². The van der Waals surface area contributed by atoms with E-state index in [1.54, 1.807) is 12.1 Å². The number of nitrogens with two attached hydrogens (primary N) is 1. The normalized spacial score (nSPS) is 19.7. The van der Waals surface area contributed by atoms with Gasteiger partial charge in [0.05, 0.1) is 4.90 Å². The number of nitrogens with zero attached hydrogens (tertiary/aromatic N) is 1. The van der Waals surface area contributed by atoms with Gasteiger partial charge in [0.25, 0.3) is 0 Å². The minimum Gasteiger partial charge on any atom is -0.265 e. The van der Waals surface area contributed by atoms with Crippen LogP contribution in [0.5, 0.6) is 0 Å². The first kappa shape index (κ1) is 16.5. The Morgan fingerprint density at radius 1 is 0.840 bits per heavy atom. The maximum absolute atomic E-state index is 11.5. The Kier molecular flexibility index (Phi) is 4.01. The summed E-state index contributed by atoms with van der Waals surface area (Å²) in [5.74, 6) is 0. The van der Waals surface area contributed by atoms with Gasteiger partial charge >= 0.3 is 0 Å². The van der Waals surface area contributed by atoms with Crippen molar-refractivity contribution in [1.29, 1.82) is 0 Å². The van der Waals surface area contributed by atoms with Crippen LogP contribution in [0.25, 0.3) is 11.1 Å². The van der Waals surface area contributed by atoms with Crippen LogP contribution in [0.3, 0.4) is 0 Å². The van der Waals surface area contributed by atoms with Crippen molar-refractivity contribution in [3.05, 3.63) is 59.9 Å². The van der Waals surface area contributed by atoms with Crippen LogP contribution in [-0.2, 0) is 10.0 Å². The maximum Gasteiger partial charge on any atom is 0.238 e. The van der Waals surface area contributed by atoms with Gasteiger partial charge < -0.3 is 0 Å². The Balaban J connectivity index is 1.77. The number of hydrogen-bond donors (Lipinski definition) is 1. The fourth-order valence-corrected chi connectivity index (χ4v) is 4.97. The van der Waals surface area contributed by atoms with Crippen LogP contribution < -0.4 is 5.14 Å². The lowest BCUT2D eigenvalue weighted by molar-refractivity contribution is 0.330. The van der Waals surface area contributed by atoms with Crippen molar-refractivity contribution >= 4 is 21.2 Å². The van der Waals surface area contributed by atoms with E-state index < -0.39 is 10.0 Å². The highest BCUT2D eigenvalue weighted by molar-refractivity contribution is 7.89. The molecule has 4 nitrogen and oxygen atoms in total. The predicted octanol–water partition coefficient (Wildman–Crippen LogP) is 3.99. The minimum atomic E-state index is -3.66. The van der Waals surface area contributed by atoms with Crippen molar-refractivity contribution in [2.24, 2.45) is 10.6 Å². The quantitative estimate of drug-likeness (QED) is 0.905. The molecule has 4 rings (SSSR count). The third-order valence-corrected chi connectivity index (χ3v) is 6.62. The summed E-state index contributed by atoms with van der Waals surface area (Å²) in [5, 5.41) is 5.23. The van der Waals surface area contributed by atoms with Crippen LogP contribution >= 0.6 is 0 Å². The van der Waals surface area contributed by atoms with Crippen LogP contribution in [-0.4, -0.2) is 13.4 Å². The molecule has 2 aromatic rings. The summed E-state index contributed by atoms with van der Waals surface area (Å²) in [6.45, 7) is 0. The molecule has 0 amide bonds. The van der Waals surface area contributed by atoms with Gasteiger partial charge in [-0.1, -0.05) is 25.0 Å². The van der Waals surface area contributed by atoms with Gasteiger partial charge in [0.2, 0.25) is 10.0 Å². The average Bonchev–Trinajstić information content (AvgIpc) is 3.23. The molecule has 0 bridgehead atoms. The van der Waals surface area contributed by atoms with E-state index in [4.69, 9.17) is 5.14 Å². The maximum atomic E-state index is 11.5. The molecule has 25 heavy (non-hydrogen) atoms. The van der Waals surface area contributed by atoms with E-state index >= 15 is 0 Å². The van der Waals surface area contributed by atoms with E-state index in [1.165, 1.54) is 42.4 Å². The molecule has 0 atom stereocenters. The van der Waals surface area contributed by atoms with Gasteiger partial charge in [-0.05, 0) is 77.6 Å². The summed E-state index contributed by atoms with van der Waals surface area (Å²) in [5.41, 5.74) is 5.43. The Labute approximate surface area is 148 Å². The number of pyridine rings is 1. The lowest BCUT2D eigenvalue weighted by Crippen LogP contribution is -2.12. The summed E-state index contributed by atoms with van der Waals surface area (Å²) in [6, 6.07) is 11.2. The molecule has 0 saturated heterocycles. The van der Waals surface area contributed by atoms with Crippen molar-refractivity contribution < 1.29 is 8.42 Å². The van der Waals surface area contributed by atoms with Crippen molar-refractivity contribution in [3.63, 3.8) is 0 Å². The lowest BCUT2D eigenvalue weighted by atomic mass is 9.81. The second-order valence-electron chi connectivity index (χ2n) is 7.32. The van der Waals surface area contributed by atoms with Crippen LogP contribution in [0.2, 0.25) is 0 Å². The topological polar surface area (TPSA) is 73.1 Å². The minimum absolute atomic E-state index is 0.163. The molecule has 2 N–H and O–H groups in total. The van der Waals surface area contributed by atoms with Gasteiger partial charge in [0.15, 0.2) is 0 Å². The van der Waals surface area contributed by atoms with Crippen molar-refractivity contribution in [1.82, 2.24) is 4.98 Å². The highest BCUT2D eigenvalue weighted by Gasteiger charge is 2.41.